The number of esters is 1. The Morgan fingerprint density at radius 1 is 1.08 bits per heavy atom. The third-order valence-electron chi connectivity index (χ3n) is 3.67. The van der Waals surface area contributed by atoms with E-state index in [1.165, 1.54) is 11.8 Å². The van der Waals surface area contributed by atoms with E-state index in [2.05, 4.69) is 4.98 Å². The van der Waals surface area contributed by atoms with E-state index in [-0.39, 0.29) is 38.4 Å². The van der Waals surface area contributed by atoms with E-state index in [1.54, 1.807) is 4.90 Å². The summed E-state index contributed by atoms with van der Waals surface area (Å²) in [6.07, 6.45) is 0. The molecule has 0 spiro atoms. The number of hydrogen-bond donors (Lipinski definition) is 1. The number of piperazine rings is 1. The minimum Gasteiger partial charge on any atom is -0.451 e. The number of ether oxygens (including phenoxy) is 1. The Morgan fingerprint density at radius 2 is 1.64 bits per heavy atom. The van der Waals surface area contributed by atoms with Crippen LogP contribution in [-0.2, 0) is 14.3 Å². The number of pyridine rings is 1. The number of carbonyl (C=O) groups excluding carboxylic acids is 3. The molecule has 8 nitrogen and oxygen atoms in total. The lowest BCUT2D eigenvalue weighted by molar-refractivity contribution is -0.140. The van der Waals surface area contributed by atoms with Crippen molar-refractivity contribution in [2.24, 2.45) is 0 Å². The van der Waals surface area contributed by atoms with Gasteiger partial charge in [-0.2, -0.15) is 0 Å². The van der Waals surface area contributed by atoms with Crippen molar-refractivity contribution < 1.29 is 19.1 Å². The molecule has 1 aliphatic rings. The van der Waals surface area contributed by atoms with Crippen molar-refractivity contribution >= 4 is 58.3 Å². The molecule has 2 amide bonds. The molecule has 1 saturated heterocycles. The molecule has 2 rings (SSSR count). The molecule has 0 aliphatic carbocycles. The maximum Gasteiger partial charge on any atom is 0.359 e. The number of rotatable bonds is 3. The molecule has 0 radical (unpaired) electrons. The molecule has 1 aromatic heterocycles. The van der Waals surface area contributed by atoms with Gasteiger partial charge in [-0.25, -0.2) is 9.78 Å². The van der Waals surface area contributed by atoms with Gasteiger partial charge in [0.2, 0.25) is 5.91 Å². The molecule has 0 bridgehead atoms. The van der Waals surface area contributed by atoms with Crippen LogP contribution < -0.4 is 5.73 Å². The van der Waals surface area contributed by atoms with Crippen LogP contribution in [0.3, 0.4) is 0 Å². The number of amides is 2. The Balaban J connectivity index is 1.95. The van der Waals surface area contributed by atoms with Gasteiger partial charge >= 0.3 is 5.97 Å². The van der Waals surface area contributed by atoms with Crippen LogP contribution in [0.1, 0.15) is 17.4 Å². The summed E-state index contributed by atoms with van der Waals surface area (Å²) in [5.74, 6) is -1.37. The lowest BCUT2D eigenvalue weighted by Gasteiger charge is -2.34. The highest BCUT2D eigenvalue weighted by atomic mass is 35.5. The molecule has 11 heteroatoms. The van der Waals surface area contributed by atoms with E-state index >= 15 is 0 Å². The topological polar surface area (TPSA) is 106 Å². The zero-order valence-electron chi connectivity index (χ0n) is 13.2. The zero-order chi connectivity index (χ0) is 18.7. The Hall–Kier alpha value is -1.77. The summed E-state index contributed by atoms with van der Waals surface area (Å²) in [5.41, 5.74) is 5.22. The first-order valence-electron chi connectivity index (χ1n) is 7.22. The number of anilines is 1. The maximum atomic E-state index is 12.1. The molecular weight excluding hydrogens is 395 g/mol. The van der Waals surface area contributed by atoms with E-state index < -0.39 is 12.6 Å². The largest absolute Gasteiger partial charge is 0.451 e. The minimum atomic E-state index is -0.939. The van der Waals surface area contributed by atoms with Gasteiger partial charge in [0.05, 0.1) is 10.7 Å². The van der Waals surface area contributed by atoms with Gasteiger partial charge in [-0.15, -0.1) is 0 Å². The molecule has 25 heavy (non-hydrogen) atoms. The Kier molecular flexibility index (Phi) is 6.31. The second-order valence-corrected chi connectivity index (χ2v) is 6.37. The van der Waals surface area contributed by atoms with Crippen LogP contribution in [0.2, 0.25) is 15.2 Å². The molecule has 1 aromatic rings. The third-order valence-corrected chi connectivity index (χ3v) is 4.81. The number of carbonyl (C=O) groups is 3. The van der Waals surface area contributed by atoms with Crippen LogP contribution >= 0.6 is 34.8 Å². The first-order chi connectivity index (χ1) is 11.7. The second kappa shape index (κ2) is 8.07. The fraction of sp³-hybridized carbons (Fsp3) is 0.429. The summed E-state index contributed by atoms with van der Waals surface area (Å²) < 4.78 is 4.93. The molecule has 0 unspecified atom stereocenters. The van der Waals surface area contributed by atoms with E-state index in [0.29, 0.717) is 26.2 Å². The lowest BCUT2D eigenvalue weighted by atomic mass is 10.3. The molecule has 2 N–H and O–H groups in total. The van der Waals surface area contributed by atoms with Gasteiger partial charge in [-0.3, -0.25) is 9.59 Å². The summed E-state index contributed by atoms with van der Waals surface area (Å²) in [5, 5.41) is -0.452. The number of hydrogen-bond acceptors (Lipinski definition) is 6. The van der Waals surface area contributed by atoms with Crippen molar-refractivity contribution in [3.8, 4) is 0 Å². The Bertz CT molecular complexity index is 721. The maximum absolute atomic E-state index is 12.1. The van der Waals surface area contributed by atoms with Crippen molar-refractivity contribution in [1.82, 2.24) is 14.8 Å². The van der Waals surface area contributed by atoms with E-state index in [9.17, 15) is 14.4 Å². The number of nitrogens with two attached hydrogens (primary N) is 1. The van der Waals surface area contributed by atoms with Crippen molar-refractivity contribution in [1.29, 1.82) is 0 Å². The number of aromatic nitrogens is 1. The first kappa shape index (κ1) is 19.6. The smallest absolute Gasteiger partial charge is 0.359 e. The Labute approximate surface area is 158 Å². The van der Waals surface area contributed by atoms with Crippen LogP contribution in [0.5, 0.6) is 0 Å². The molecule has 1 fully saturated rings. The normalized spacial score (nSPS) is 14.4. The standard InChI is InChI=1S/C14H15Cl3N4O4/c1-7(22)20-2-4-21(5-3-20)8(23)6-25-14(24)12-9(15)11(18)10(16)13(17)19-12/h2-6H2,1H3,(H2,18,19). The summed E-state index contributed by atoms with van der Waals surface area (Å²) in [6.45, 7) is 2.59. The summed E-state index contributed by atoms with van der Waals surface area (Å²) in [4.78, 5) is 42.3. The highest BCUT2D eigenvalue weighted by Crippen LogP contribution is 2.34. The molecular formula is C14H15Cl3N4O4. The fourth-order valence-electron chi connectivity index (χ4n) is 2.22. The Morgan fingerprint density at radius 3 is 2.20 bits per heavy atom. The van der Waals surface area contributed by atoms with Gasteiger partial charge < -0.3 is 20.3 Å². The number of halogens is 3. The van der Waals surface area contributed by atoms with Gasteiger partial charge in [0, 0.05) is 33.1 Å². The quantitative estimate of drug-likeness (QED) is 0.598. The molecule has 0 aromatic carbocycles. The lowest BCUT2D eigenvalue weighted by Crippen LogP contribution is -2.51. The minimum absolute atomic E-state index is 0.0450. The first-order valence-corrected chi connectivity index (χ1v) is 8.36. The van der Waals surface area contributed by atoms with Gasteiger partial charge in [0.15, 0.2) is 17.5 Å². The van der Waals surface area contributed by atoms with E-state index in [0.717, 1.165) is 0 Å². The zero-order valence-corrected chi connectivity index (χ0v) is 15.5. The summed E-state index contributed by atoms with van der Waals surface area (Å²) >= 11 is 17.5. The van der Waals surface area contributed by atoms with Gasteiger partial charge in [-0.1, -0.05) is 34.8 Å². The molecule has 136 valence electrons. The second-order valence-electron chi connectivity index (χ2n) is 5.26. The molecule has 0 saturated carbocycles. The van der Waals surface area contributed by atoms with Gasteiger partial charge in [-0.05, 0) is 0 Å². The van der Waals surface area contributed by atoms with Gasteiger partial charge in [0.25, 0.3) is 5.91 Å². The van der Waals surface area contributed by atoms with Crippen molar-refractivity contribution in [2.75, 3.05) is 38.5 Å². The predicted octanol–water partition coefficient (Wildman–Crippen LogP) is 1.47. The van der Waals surface area contributed by atoms with Crippen LogP contribution in [0.15, 0.2) is 0 Å². The highest BCUT2D eigenvalue weighted by Gasteiger charge is 2.25. The van der Waals surface area contributed by atoms with Crippen molar-refractivity contribution in [3.63, 3.8) is 0 Å². The predicted molar refractivity (Wildman–Crippen MR) is 92.8 cm³/mol. The van der Waals surface area contributed by atoms with Crippen LogP contribution in [0.25, 0.3) is 0 Å². The highest BCUT2D eigenvalue weighted by molar-refractivity contribution is 6.46. The number of nitrogen functional groups attached to an aromatic ring is 1. The average molecular weight is 410 g/mol. The average Bonchev–Trinajstić information content (AvgIpc) is 2.60. The summed E-state index contributed by atoms with van der Waals surface area (Å²) in [7, 11) is 0. The van der Waals surface area contributed by atoms with Crippen molar-refractivity contribution in [2.45, 2.75) is 6.92 Å². The summed E-state index contributed by atoms with van der Waals surface area (Å²) in [6, 6.07) is 0. The van der Waals surface area contributed by atoms with Crippen LogP contribution in [-0.4, -0.2) is 65.4 Å². The monoisotopic (exact) mass is 408 g/mol. The fourth-order valence-corrected chi connectivity index (χ4v) is 2.81. The molecule has 1 aliphatic heterocycles. The third kappa shape index (κ3) is 4.45. The van der Waals surface area contributed by atoms with Crippen LogP contribution in [0.4, 0.5) is 5.69 Å². The molecule has 2 heterocycles. The van der Waals surface area contributed by atoms with Crippen LogP contribution in [0, 0.1) is 0 Å². The van der Waals surface area contributed by atoms with E-state index in [1.807, 2.05) is 0 Å². The number of nitrogens with zero attached hydrogens (tertiary/aromatic N) is 3. The molecule has 0 atom stereocenters. The van der Waals surface area contributed by atoms with Gasteiger partial charge in [0.1, 0.15) is 5.02 Å². The van der Waals surface area contributed by atoms with E-state index in [4.69, 9.17) is 45.3 Å². The van der Waals surface area contributed by atoms with Crippen molar-refractivity contribution in [3.05, 3.63) is 20.9 Å². The SMILES string of the molecule is CC(=O)N1CCN(C(=O)COC(=O)c2nc(Cl)c(Cl)c(N)c2Cl)CC1.